The molecule has 114 valence electrons. The van der Waals surface area contributed by atoms with Crippen LogP contribution in [0.15, 0.2) is 41.2 Å². The third kappa shape index (κ3) is 2.56. The highest BCUT2D eigenvalue weighted by Crippen LogP contribution is 2.35. The number of carbonyl (C=O) groups is 1. The first-order chi connectivity index (χ1) is 10.4. The molecule has 0 aliphatic heterocycles. The van der Waals surface area contributed by atoms with Gasteiger partial charge in [-0.05, 0) is 42.0 Å². The fourth-order valence-electron chi connectivity index (χ4n) is 3.14. The third-order valence-electron chi connectivity index (χ3n) is 4.22. The van der Waals surface area contributed by atoms with Crippen LogP contribution in [-0.2, 0) is 19.9 Å². The van der Waals surface area contributed by atoms with E-state index < -0.39 is 0 Å². The van der Waals surface area contributed by atoms with Crippen molar-refractivity contribution >= 4 is 11.6 Å². The summed E-state index contributed by atoms with van der Waals surface area (Å²) in [5.74, 6) is -0.348. The number of hydrogen-bond acceptors (Lipinski definition) is 2. The molecular weight excluding hydrogens is 276 g/mol. The van der Waals surface area contributed by atoms with Gasteiger partial charge in [0.05, 0.1) is 0 Å². The highest BCUT2D eigenvalue weighted by Gasteiger charge is 2.31. The molecule has 0 saturated carbocycles. The summed E-state index contributed by atoms with van der Waals surface area (Å²) < 4.78 is 1.63. The summed E-state index contributed by atoms with van der Waals surface area (Å²) >= 11 is 0. The van der Waals surface area contributed by atoms with Gasteiger partial charge in [-0.25, -0.2) is 0 Å². The zero-order valence-electron chi connectivity index (χ0n) is 13.1. The predicted octanol–water partition coefficient (Wildman–Crippen LogP) is 2.76. The number of aromatic nitrogens is 1. The highest BCUT2D eigenvalue weighted by molar-refractivity contribution is 6.04. The van der Waals surface area contributed by atoms with E-state index in [9.17, 15) is 9.59 Å². The van der Waals surface area contributed by atoms with E-state index in [2.05, 4.69) is 19.2 Å². The van der Waals surface area contributed by atoms with Gasteiger partial charge in [-0.2, -0.15) is 0 Å². The second kappa shape index (κ2) is 5.13. The van der Waals surface area contributed by atoms with Gasteiger partial charge < -0.3 is 9.88 Å². The summed E-state index contributed by atoms with van der Waals surface area (Å²) in [6.07, 6.45) is 1.76. The average Bonchev–Trinajstić information content (AvgIpc) is 2.78. The van der Waals surface area contributed by atoms with Crippen molar-refractivity contribution in [3.63, 3.8) is 0 Å². The van der Waals surface area contributed by atoms with Crippen LogP contribution in [-0.4, -0.2) is 10.5 Å². The highest BCUT2D eigenvalue weighted by atomic mass is 16.2. The molecule has 0 radical (unpaired) electrons. The van der Waals surface area contributed by atoms with Crippen LogP contribution in [0.2, 0.25) is 0 Å². The van der Waals surface area contributed by atoms with Gasteiger partial charge in [0.15, 0.2) is 0 Å². The Morgan fingerprint density at radius 3 is 2.55 bits per heavy atom. The maximum atomic E-state index is 12.5. The Balaban J connectivity index is 1.98. The van der Waals surface area contributed by atoms with Crippen molar-refractivity contribution in [1.29, 1.82) is 0 Å². The van der Waals surface area contributed by atoms with E-state index in [4.69, 9.17) is 0 Å². The third-order valence-corrected chi connectivity index (χ3v) is 4.22. The number of fused-ring (bicyclic) bond motifs is 1. The lowest BCUT2D eigenvalue weighted by molar-refractivity contribution is 0.102. The van der Waals surface area contributed by atoms with Gasteiger partial charge in [0.25, 0.3) is 11.5 Å². The number of nitrogens with zero attached hydrogens (tertiary/aromatic N) is 1. The molecule has 22 heavy (non-hydrogen) atoms. The minimum absolute atomic E-state index is 0.140. The van der Waals surface area contributed by atoms with Crippen molar-refractivity contribution in [2.75, 3.05) is 5.32 Å². The second-order valence-corrected chi connectivity index (χ2v) is 6.73. The number of hydrogen-bond donors (Lipinski definition) is 1. The summed E-state index contributed by atoms with van der Waals surface area (Å²) in [6, 6.07) is 11.0. The lowest BCUT2D eigenvalue weighted by Gasteiger charge is -2.14. The molecule has 0 unspecified atom stereocenters. The molecule has 1 aliphatic rings. The number of nitrogens with one attached hydrogen (secondary N) is 1. The maximum Gasteiger partial charge on any atom is 0.263 e. The van der Waals surface area contributed by atoms with Crippen molar-refractivity contribution in [2.45, 2.75) is 26.7 Å². The molecule has 0 spiro atoms. The van der Waals surface area contributed by atoms with Gasteiger partial charge >= 0.3 is 0 Å². The molecule has 0 bridgehead atoms. The number of amides is 1. The number of carbonyl (C=O) groups excluding carboxylic acids is 1. The van der Waals surface area contributed by atoms with Crippen LogP contribution in [0.5, 0.6) is 0 Å². The Bertz CT molecular complexity index is 789. The lowest BCUT2D eigenvalue weighted by Crippen LogP contribution is -2.29. The molecular formula is C18H20N2O2. The number of rotatable bonds is 2. The van der Waals surface area contributed by atoms with Gasteiger partial charge in [-0.15, -0.1) is 0 Å². The van der Waals surface area contributed by atoms with Crippen LogP contribution in [0.25, 0.3) is 0 Å². The fraction of sp³-hybridized carbons (Fsp3) is 0.333. The average molecular weight is 296 g/mol. The minimum atomic E-state index is -0.348. The lowest BCUT2D eigenvalue weighted by atomic mass is 9.90. The molecule has 0 saturated heterocycles. The summed E-state index contributed by atoms with van der Waals surface area (Å²) in [5.41, 5.74) is 2.96. The van der Waals surface area contributed by atoms with E-state index in [0.29, 0.717) is 5.69 Å². The zero-order valence-corrected chi connectivity index (χ0v) is 13.1. The molecule has 1 amide bonds. The number of benzene rings is 1. The standard InChI is InChI=1S/C18H20N2O2/c1-18(2)10-12-9-14(17(22)20(3)15(12)11-18)16(21)19-13-7-5-4-6-8-13/h4-9H,10-11H2,1-3H3,(H,19,21). The first kappa shape index (κ1) is 14.6. The molecule has 1 heterocycles. The van der Waals surface area contributed by atoms with E-state index in [0.717, 1.165) is 24.1 Å². The van der Waals surface area contributed by atoms with Crippen LogP contribution < -0.4 is 10.9 Å². The van der Waals surface area contributed by atoms with Crippen molar-refractivity contribution in [1.82, 2.24) is 4.57 Å². The largest absolute Gasteiger partial charge is 0.322 e. The van der Waals surface area contributed by atoms with E-state index >= 15 is 0 Å². The Kier molecular flexibility index (Phi) is 3.39. The summed E-state index contributed by atoms with van der Waals surface area (Å²) in [4.78, 5) is 24.9. The predicted molar refractivity (Wildman–Crippen MR) is 87.3 cm³/mol. The van der Waals surface area contributed by atoms with Crippen molar-refractivity contribution in [2.24, 2.45) is 12.5 Å². The molecule has 3 rings (SSSR count). The van der Waals surface area contributed by atoms with Crippen LogP contribution in [0.3, 0.4) is 0 Å². The van der Waals surface area contributed by atoms with Crippen molar-refractivity contribution in [3.05, 3.63) is 63.6 Å². The molecule has 1 aromatic heterocycles. The topological polar surface area (TPSA) is 51.1 Å². The van der Waals surface area contributed by atoms with Crippen LogP contribution in [0.1, 0.15) is 35.5 Å². The molecule has 1 aliphatic carbocycles. The maximum absolute atomic E-state index is 12.5. The first-order valence-electron chi connectivity index (χ1n) is 7.45. The van der Waals surface area contributed by atoms with E-state index in [1.54, 1.807) is 29.8 Å². The molecule has 0 atom stereocenters. The number of pyridine rings is 1. The van der Waals surface area contributed by atoms with Crippen LogP contribution in [0, 0.1) is 5.41 Å². The van der Waals surface area contributed by atoms with Gasteiger partial charge in [-0.3, -0.25) is 9.59 Å². The Morgan fingerprint density at radius 1 is 1.18 bits per heavy atom. The normalized spacial score (nSPS) is 15.4. The van der Waals surface area contributed by atoms with Gasteiger partial charge in [0, 0.05) is 18.4 Å². The molecule has 4 heteroatoms. The van der Waals surface area contributed by atoms with Gasteiger partial charge in [0.1, 0.15) is 5.56 Å². The Hall–Kier alpha value is -2.36. The minimum Gasteiger partial charge on any atom is -0.322 e. The van der Waals surface area contributed by atoms with E-state index in [1.807, 2.05) is 18.2 Å². The van der Waals surface area contributed by atoms with Gasteiger partial charge in [0.2, 0.25) is 0 Å². The van der Waals surface area contributed by atoms with Crippen LogP contribution >= 0.6 is 0 Å². The fourth-order valence-corrected chi connectivity index (χ4v) is 3.14. The molecule has 0 fully saturated rings. The molecule has 1 N–H and O–H groups in total. The van der Waals surface area contributed by atoms with Crippen molar-refractivity contribution in [3.8, 4) is 0 Å². The second-order valence-electron chi connectivity index (χ2n) is 6.73. The monoisotopic (exact) mass is 296 g/mol. The smallest absolute Gasteiger partial charge is 0.263 e. The summed E-state index contributed by atoms with van der Waals surface area (Å²) in [5, 5.41) is 2.79. The van der Waals surface area contributed by atoms with Gasteiger partial charge in [-0.1, -0.05) is 32.0 Å². The molecule has 1 aromatic carbocycles. The van der Waals surface area contributed by atoms with E-state index in [1.165, 1.54) is 0 Å². The molecule has 4 nitrogen and oxygen atoms in total. The molecule has 2 aromatic rings. The summed E-state index contributed by atoms with van der Waals surface area (Å²) in [7, 11) is 1.75. The first-order valence-corrected chi connectivity index (χ1v) is 7.45. The Morgan fingerprint density at radius 2 is 1.86 bits per heavy atom. The quantitative estimate of drug-likeness (QED) is 0.926. The van der Waals surface area contributed by atoms with E-state index in [-0.39, 0.29) is 22.4 Å². The summed E-state index contributed by atoms with van der Waals surface area (Å²) in [6.45, 7) is 4.36. The number of anilines is 1. The van der Waals surface area contributed by atoms with Crippen LogP contribution in [0.4, 0.5) is 5.69 Å². The van der Waals surface area contributed by atoms with Crippen molar-refractivity contribution < 1.29 is 4.79 Å². The zero-order chi connectivity index (χ0) is 15.9. The Labute approximate surface area is 129 Å². The number of para-hydroxylation sites is 1. The SMILES string of the molecule is Cn1c2c(cc(C(=O)Nc3ccccc3)c1=O)CC(C)(C)C2.